The van der Waals surface area contributed by atoms with E-state index >= 15 is 0 Å². The third kappa shape index (κ3) is 4.87. The SMILES string of the molecule is CCc1cc(Cn2nnnc2-c2ccc(F)cc2C(C)Oc2cc(Br)cnc2[N+](=O)[O-])on1. The lowest BCUT2D eigenvalue weighted by atomic mass is 10.0. The molecule has 1 unspecified atom stereocenters. The highest BCUT2D eigenvalue weighted by Crippen LogP contribution is 2.35. The van der Waals surface area contributed by atoms with Crippen LogP contribution in [-0.2, 0) is 13.0 Å². The van der Waals surface area contributed by atoms with Crippen molar-refractivity contribution in [3.05, 3.63) is 74.0 Å². The lowest BCUT2D eigenvalue weighted by Crippen LogP contribution is -2.10. The summed E-state index contributed by atoms with van der Waals surface area (Å²) in [5.74, 6) is -0.121. The Bertz CT molecular complexity index is 1310. The van der Waals surface area contributed by atoms with Gasteiger partial charge in [0.25, 0.3) is 0 Å². The predicted molar refractivity (Wildman–Crippen MR) is 116 cm³/mol. The van der Waals surface area contributed by atoms with E-state index in [9.17, 15) is 14.5 Å². The Labute approximate surface area is 194 Å². The van der Waals surface area contributed by atoms with Gasteiger partial charge in [-0.05, 0) is 67.8 Å². The Morgan fingerprint density at radius 1 is 1.33 bits per heavy atom. The average Bonchev–Trinajstić information content (AvgIpc) is 3.43. The van der Waals surface area contributed by atoms with E-state index in [4.69, 9.17) is 9.26 Å². The average molecular weight is 518 g/mol. The van der Waals surface area contributed by atoms with Crippen molar-refractivity contribution in [3.63, 3.8) is 0 Å². The highest BCUT2D eigenvalue weighted by Gasteiger charge is 2.24. The smallest absolute Gasteiger partial charge is 0.406 e. The van der Waals surface area contributed by atoms with Crippen LogP contribution in [0.25, 0.3) is 11.4 Å². The number of nitro groups is 1. The topological polar surface area (TPSA) is 135 Å². The number of nitrogens with zero attached hydrogens (tertiary/aromatic N) is 7. The second-order valence-electron chi connectivity index (χ2n) is 7.02. The Morgan fingerprint density at radius 2 is 2.15 bits per heavy atom. The maximum absolute atomic E-state index is 14.2. The van der Waals surface area contributed by atoms with Crippen molar-refractivity contribution in [2.24, 2.45) is 0 Å². The van der Waals surface area contributed by atoms with Gasteiger partial charge in [0.15, 0.2) is 17.8 Å². The highest BCUT2D eigenvalue weighted by atomic mass is 79.9. The normalized spacial score (nSPS) is 12.0. The number of hydrogen-bond acceptors (Lipinski definition) is 9. The van der Waals surface area contributed by atoms with E-state index < -0.39 is 22.7 Å². The molecule has 0 aliphatic heterocycles. The van der Waals surface area contributed by atoms with E-state index in [0.717, 1.165) is 12.1 Å². The van der Waals surface area contributed by atoms with Crippen molar-refractivity contribution < 1.29 is 18.6 Å². The van der Waals surface area contributed by atoms with Crippen LogP contribution in [0.4, 0.5) is 10.2 Å². The van der Waals surface area contributed by atoms with Crippen LogP contribution in [0.3, 0.4) is 0 Å². The number of hydrogen-bond donors (Lipinski definition) is 0. The van der Waals surface area contributed by atoms with Gasteiger partial charge in [-0.25, -0.2) is 9.07 Å². The van der Waals surface area contributed by atoms with Gasteiger partial charge in [0.1, 0.15) is 18.5 Å². The standard InChI is InChI=1S/C20H17BrFN7O4/c1-3-14-8-15(33-25-14)10-28-19(24-26-27-28)16-5-4-13(22)7-17(16)11(2)32-18-6-12(21)9-23-20(18)29(30)31/h4-9,11H,3,10H2,1-2H3. The van der Waals surface area contributed by atoms with E-state index in [-0.39, 0.29) is 12.3 Å². The molecule has 4 aromatic rings. The summed E-state index contributed by atoms with van der Waals surface area (Å²) >= 11 is 3.23. The molecule has 1 aromatic carbocycles. The molecule has 13 heteroatoms. The number of aryl methyl sites for hydroxylation is 1. The van der Waals surface area contributed by atoms with Gasteiger partial charge in [-0.1, -0.05) is 12.1 Å². The van der Waals surface area contributed by atoms with Crippen molar-refractivity contribution >= 4 is 21.7 Å². The summed E-state index contributed by atoms with van der Waals surface area (Å²) in [4.78, 5) is 14.5. The Hall–Kier alpha value is -3.74. The third-order valence-corrected chi connectivity index (χ3v) is 5.21. The fourth-order valence-corrected chi connectivity index (χ4v) is 3.52. The first-order valence-electron chi connectivity index (χ1n) is 9.82. The minimum absolute atomic E-state index is 0.0644. The van der Waals surface area contributed by atoms with Crippen molar-refractivity contribution in [2.75, 3.05) is 0 Å². The van der Waals surface area contributed by atoms with Crippen LogP contribution in [0, 0.1) is 15.9 Å². The first kappa shape index (κ1) is 22.5. The molecule has 4 rings (SSSR count). The van der Waals surface area contributed by atoms with Gasteiger partial charge < -0.3 is 19.4 Å². The molecule has 0 saturated heterocycles. The van der Waals surface area contributed by atoms with Crippen LogP contribution in [0.15, 0.2) is 45.5 Å². The Balaban J connectivity index is 1.69. The molecule has 3 aromatic heterocycles. The van der Waals surface area contributed by atoms with Crippen LogP contribution >= 0.6 is 15.9 Å². The molecule has 1 atom stereocenters. The van der Waals surface area contributed by atoms with Gasteiger partial charge in [0.05, 0.1) is 10.2 Å². The molecule has 0 saturated carbocycles. The van der Waals surface area contributed by atoms with E-state index in [1.807, 2.05) is 13.0 Å². The fourth-order valence-electron chi connectivity index (χ4n) is 3.21. The molecular weight excluding hydrogens is 501 g/mol. The van der Waals surface area contributed by atoms with E-state index in [1.54, 1.807) is 6.92 Å². The maximum Gasteiger partial charge on any atom is 0.406 e. The van der Waals surface area contributed by atoms with Gasteiger partial charge in [-0.3, -0.25) is 0 Å². The second-order valence-corrected chi connectivity index (χ2v) is 7.94. The Kier molecular flexibility index (Phi) is 6.40. The van der Waals surface area contributed by atoms with Crippen LogP contribution in [0.2, 0.25) is 0 Å². The number of pyridine rings is 1. The zero-order chi connectivity index (χ0) is 23.5. The molecule has 33 heavy (non-hydrogen) atoms. The van der Waals surface area contributed by atoms with Crippen molar-refractivity contribution in [3.8, 4) is 17.1 Å². The molecule has 0 fully saturated rings. The molecule has 0 N–H and O–H groups in total. The number of tetrazole rings is 1. The predicted octanol–water partition coefficient (Wildman–Crippen LogP) is 4.28. The van der Waals surface area contributed by atoms with Crippen molar-refractivity contribution in [1.29, 1.82) is 0 Å². The highest BCUT2D eigenvalue weighted by molar-refractivity contribution is 9.10. The van der Waals surface area contributed by atoms with Gasteiger partial charge in [0.2, 0.25) is 5.75 Å². The van der Waals surface area contributed by atoms with Crippen LogP contribution in [0.5, 0.6) is 5.75 Å². The number of benzene rings is 1. The van der Waals surface area contributed by atoms with Crippen molar-refractivity contribution in [1.82, 2.24) is 30.3 Å². The number of aromatic nitrogens is 6. The summed E-state index contributed by atoms with van der Waals surface area (Å²) in [5.41, 5.74) is 1.69. The summed E-state index contributed by atoms with van der Waals surface area (Å²) in [7, 11) is 0. The fraction of sp³-hybridized carbons (Fsp3) is 0.250. The first-order valence-corrected chi connectivity index (χ1v) is 10.6. The molecule has 0 aliphatic carbocycles. The Morgan fingerprint density at radius 3 is 2.88 bits per heavy atom. The molecular formula is C20H17BrFN7O4. The molecule has 0 aliphatic rings. The third-order valence-electron chi connectivity index (χ3n) is 4.78. The lowest BCUT2D eigenvalue weighted by Gasteiger charge is -2.18. The molecule has 0 radical (unpaired) electrons. The summed E-state index contributed by atoms with van der Waals surface area (Å²) in [5, 5.41) is 27.1. The number of rotatable bonds is 8. The van der Waals surface area contributed by atoms with E-state index in [2.05, 4.69) is 41.6 Å². The van der Waals surface area contributed by atoms with Crippen LogP contribution in [-0.4, -0.2) is 35.3 Å². The summed E-state index contributed by atoms with van der Waals surface area (Å²) < 4.78 is 27.3. The monoisotopic (exact) mass is 517 g/mol. The number of halogens is 2. The molecule has 3 heterocycles. The number of ether oxygens (including phenoxy) is 1. The molecule has 0 spiro atoms. The molecule has 11 nitrogen and oxygen atoms in total. The summed E-state index contributed by atoms with van der Waals surface area (Å²) in [6.07, 6.45) is 1.22. The minimum atomic E-state index is -0.798. The van der Waals surface area contributed by atoms with Gasteiger partial charge in [-0.2, -0.15) is 0 Å². The van der Waals surface area contributed by atoms with Crippen LogP contribution < -0.4 is 4.74 Å². The zero-order valence-corrected chi connectivity index (χ0v) is 19.1. The van der Waals surface area contributed by atoms with Crippen LogP contribution in [0.1, 0.15) is 37.0 Å². The van der Waals surface area contributed by atoms with Crippen molar-refractivity contribution in [2.45, 2.75) is 32.9 Å². The summed E-state index contributed by atoms with van der Waals surface area (Å²) in [6.45, 7) is 3.81. The van der Waals surface area contributed by atoms with E-state index in [1.165, 1.54) is 35.1 Å². The largest absolute Gasteiger partial charge is 0.478 e. The quantitative estimate of drug-likeness (QED) is 0.247. The first-order chi connectivity index (χ1) is 15.9. The molecule has 0 bridgehead atoms. The molecule has 0 amide bonds. The lowest BCUT2D eigenvalue weighted by molar-refractivity contribution is -0.390. The minimum Gasteiger partial charge on any atom is -0.478 e. The maximum atomic E-state index is 14.2. The van der Waals surface area contributed by atoms with Gasteiger partial charge >= 0.3 is 5.82 Å². The second kappa shape index (κ2) is 9.40. The summed E-state index contributed by atoms with van der Waals surface area (Å²) in [6, 6.07) is 7.32. The van der Waals surface area contributed by atoms with Gasteiger partial charge in [0, 0.05) is 23.3 Å². The van der Waals surface area contributed by atoms with Gasteiger partial charge in [-0.15, -0.1) is 5.10 Å². The van der Waals surface area contributed by atoms with E-state index in [0.29, 0.717) is 27.2 Å². The zero-order valence-electron chi connectivity index (χ0n) is 17.5. The molecule has 170 valence electrons.